The predicted octanol–water partition coefficient (Wildman–Crippen LogP) is 3.30. The average Bonchev–Trinajstić information content (AvgIpc) is 3.36. The minimum absolute atomic E-state index is 0.205. The fourth-order valence-electron chi connectivity index (χ4n) is 4.65. The first-order valence-corrected chi connectivity index (χ1v) is 13.6. The molecule has 0 aliphatic carbocycles. The van der Waals surface area contributed by atoms with Gasteiger partial charge in [-0.05, 0) is 42.8 Å². The Bertz CT molecular complexity index is 1700. The van der Waals surface area contributed by atoms with Gasteiger partial charge in [-0.15, -0.1) is 0 Å². The Kier molecular flexibility index (Phi) is 8.92. The number of aromatic nitrogens is 2. The van der Waals surface area contributed by atoms with Crippen LogP contribution >= 0.6 is 0 Å². The molecule has 1 N–H and O–H groups in total. The van der Waals surface area contributed by atoms with Gasteiger partial charge in [-0.1, -0.05) is 61.5 Å². The number of nitrogens with one attached hydrogen (secondary N) is 1. The van der Waals surface area contributed by atoms with Crippen LogP contribution < -0.4 is 11.2 Å². The third-order valence-electron chi connectivity index (χ3n) is 6.88. The van der Waals surface area contributed by atoms with Gasteiger partial charge in [0.1, 0.15) is 12.7 Å². The Balaban J connectivity index is 1.53. The third-order valence-corrected chi connectivity index (χ3v) is 6.88. The quantitative estimate of drug-likeness (QED) is 0.232. The monoisotopic (exact) mass is 584 g/mol. The smallest absolute Gasteiger partial charge is 0.338 e. The van der Waals surface area contributed by atoms with Gasteiger partial charge in [0.05, 0.1) is 16.7 Å². The van der Waals surface area contributed by atoms with Crippen molar-refractivity contribution < 1.29 is 33.3 Å². The Morgan fingerprint density at radius 1 is 0.744 bits per heavy atom. The van der Waals surface area contributed by atoms with Gasteiger partial charge in [0.25, 0.3) is 5.56 Å². The van der Waals surface area contributed by atoms with Crippen LogP contribution in [0.15, 0.2) is 107 Å². The summed E-state index contributed by atoms with van der Waals surface area (Å²) in [5.41, 5.74) is -0.424. The summed E-state index contributed by atoms with van der Waals surface area (Å²) in [4.78, 5) is 66.8. The summed E-state index contributed by atoms with van der Waals surface area (Å²) in [6, 6.07) is 24.5. The first-order chi connectivity index (χ1) is 20.9. The van der Waals surface area contributed by atoms with E-state index in [0.717, 1.165) is 4.57 Å². The number of H-pyrrole nitrogens is 1. The molecular weight excluding hydrogens is 556 g/mol. The van der Waals surface area contributed by atoms with Crippen molar-refractivity contribution in [2.24, 2.45) is 0 Å². The highest BCUT2D eigenvalue weighted by Crippen LogP contribution is 2.35. The average molecular weight is 585 g/mol. The van der Waals surface area contributed by atoms with Crippen molar-refractivity contribution in [1.29, 1.82) is 0 Å². The van der Waals surface area contributed by atoms with E-state index in [1.165, 1.54) is 6.20 Å². The highest BCUT2D eigenvalue weighted by Gasteiger charge is 2.51. The van der Waals surface area contributed by atoms with Crippen molar-refractivity contribution in [3.8, 4) is 0 Å². The van der Waals surface area contributed by atoms with E-state index in [2.05, 4.69) is 4.98 Å². The van der Waals surface area contributed by atoms with Gasteiger partial charge in [0.15, 0.2) is 18.4 Å². The Morgan fingerprint density at radius 3 is 1.74 bits per heavy atom. The number of hydrogen-bond donors (Lipinski definition) is 1. The molecule has 0 radical (unpaired) electrons. The van der Waals surface area contributed by atoms with Crippen LogP contribution in [0.1, 0.15) is 49.8 Å². The normalized spacial score (nSPS) is 19.4. The lowest BCUT2D eigenvalue weighted by Gasteiger charge is -2.25. The predicted molar refractivity (Wildman–Crippen MR) is 153 cm³/mol. The maximum Gasteiger partial charge on any atom is 0.338 e. The molecule has 2 heterocycles. The number of rotatable bonds is 9. The zero-order chi connectivity index (χ0) is 30.3. The van der Waals surface area contributed by atoms with Gasteiger partial charge in [-0.2, -0.15) is 0 Å². The standard InChI is InChI=1S/C32H28N2O9/c1-2-20-18-34(32(39)33-27(20)35)28-26(43-31(38)23-16-10-5-11-17-23)25(42-30(37)22-14-8-4-9-15-22)24(41-28)19-40-29(36)21-12-6-3-7-13-21/h3-18,24-26,28H,2,19H2,1H3,(H,33,35,39)/t24-,25?,26?,28-/m1/s1. The first-order valence-electron chi connectivity index (χ1n) is 13.6. The van der Waals surface area contributed by atoms with Crippen LogP contribution in [0.4, 0.5) is 0 Å². The van der Waals surface area contributed by atoms with Crippen molar-refractivity contribution in [2.75, 3.05) is 6.61 Å². The van der Waals surface area contributed by atoms with Crippen LogP contribution in [0.3, 0.4) is 0 Å². The largest absolute Gasteiger partial charge is 0.459 e. The molecule has 1 saturated heterocycles. The van der Waals surface area contributed by atoms with E-state index in [9.17, 15) is 24.0 Å². The molecule has 1 aromatic heterocycles. The number of carbonyl (C=O) groups excluding carboxylic acids is 3. The maximum absolute atomic E-state index is 13.2. The van der Waals surface area contributed by atoms with E-state index in [1.54, 1.807) is 97.9 Å². The Labute approximate surface area is 245 Å². The molecule has 1 aliphatic heterocycles. The van der Waals surface area contributed by atoms with Crippen molar-refractivity contribution in [3.63, 3.8) is 0 Å². The second-order valence-electron chi connectivity index (χ2n) is 9.68. The number of aryl methyl sites for hydroxylation is 1. The topological polar surface area (TPSA) is 143 Å². The lowest BCUT2D eigenvalue weighted by molar-refractivity contribution is -0.0641. The van der Waals surface area contributed by atoms with Crippen LogP contribution in [-0.4, -0.2) is 52.4 Å². The van der Waals surface area contributed by atoms with Gasteiger partial charge < -0.3 is 18.9 Å². The van der Waals surface area contributed by atoms with Gasteiger partial charge >= 0.3 is 23.6 Å². The van der Waals surface area contributed by atoms with Crippen molar-refractivity contribution >= 4 is 17.9 Å². The molecule has 2 unspecified atom stereocenters. The molecule has 11 heteroatoms. The summed E-state index contributed by atoms with van der Waals surface area (Å²) in [6.07, 6.45) is -3.61. The second-order valence-corrected chi connectivity index (χ2v) is 9.68. The molecule has 4 aromatic rings. The molecule has 0 bridgehead atoms. The number of esters is 3. The molecule has 43 heavy (non-hydrogen) atoms. The Morgan fingerprint density at radius 2 is 1.23 bits per heavy atom. The van der Waals surface area contributed by atoms with Crippen LogP contribution in [0.5, 0.6) is 0 Å². The number of carbonyl (C=O) groups is 3. The number of nitrogens with zero attached hydrogens (tertiary/aromatic N) is 1. The fourth-order valence-corrected chi connectivity index (χ4v) is 4.65. The molecule has 4 atom stereocenters. The van der Waals surface area contributed by atoms with E-state index in [-0.39, 0.29) is 22.3 Å². The maximum atomic E-state index is 13.2. The molecule has 11 nitrogen and oxygen atoms in total. The zero-order valence-corrected chi connectivity index (χ0v) is 23.1. The summed E-state index contributed by atoms with van der Waals surface area (Å²) in [7, 11) is 0. The number of benzene rings is 3. The lowest BCUT2D eigenvalue weighted by atomic mass is 10.1. The zero-order valence-electron chi connectivity index (χ0n) is 23.1. The highest BCUT2D eigenvalue weighted by molar-refractivity contribution is 5.91. The molecule has 3 aromatic carbocycles. The fraction of sp³-hybridized carbons (Fsp3) is 0.219. The van der Waals surface area contributed by atoms with Crippen LogP contribution in [0.2, 0.25) is 0 Å². The van der Waals surface area contributed by atoms with Crippen molar-refractivity contribution in [3.05, 3.63) is 140 Å². The molecular formula is C32H28N2O9. The second kappa shape index (κ2) is 13.1. The number of ether oxygens (including phenoxy) is 4. The molecule has 5 rings (SSSR count). The van der Waals surface area contributed by atoms with E-state index in [1.807, 2.05) is 0 Å². The van der Waals surface area contributed by atoms with E-state index >= 15 is 0 Å². The third kappa shape index (κ3) is 6.62. The van der Waals surface area contributed by atoms with Gasteiger partial charge in [0.2, 0.25) is 0 Å². The molecule has 0 spiro atoms. The molecule has 0 amide bonds. The van der Waals surface area contributed by atoms with Crippen LogP contribution in [0.25, 0.3) is 0 Å². The minimum atomic E-state index is -1.38. The van der Waals surface area contributed by atoms with Crippen molar-refractivity contribution in [1.82, 2.24) is 9.55 Å². The highest BCUT2D eigenvalue weighted by atomic mass is 16.7. The van der Waals surface area contributed by atoms with Gasteiger partial charge in [-0.3, -0.25) is 14.3 Å². The molecule has 220 valence electrons. The van der Waals surface area contributed by atoms with Crippen LogP contribution in [-0.2, 0) is 25.4 Å². The lowest BCUT2D eigenvalue weighted by Crippen LogP contribution is -2.43. The van der Waals surface area contributed by atoms with Gasteiger partial charge in [-0.25, -0.2) is 19.2 Å². The minimum Gasteiger partial charge on any atom is -0.459 e. The molecule has 1 aliphatic rings. The van der Waals surface area contributed by atoms with Crippen molar-refractivity contribution in [2.45, 2.75) is 37.9 Å². The van der Waals surface area contributed by atoms with E-state index < -0.39 is 60.3 Å². The summed E-state index contributed by atoms with van der Waals surface area (Å²) < 4.78 is 24.5. The Hall–Kier alpha value is -5.29. The van der Waals surface area contributed by atoms with Crippen LogP contribution in [0, 0.1) is 0 Å². The number of hydrogen-bond acceptors (Lipinski definition) is 9. The molecule has 0 saturated carbocycles. The SMILES string of the molecule is CCc1cn([C@@H]2O[C@H](COC(=O)c3ccccc3)C(OC(=O)c3ccccc3)C2OC(=O)c2ccccc2)c(=O)[nH]c1=O. The summed E-state index contributed by atoms with van der Waals surface area (Å²) in [5.74, 6) is -2.18. The summed E-state index contributed by atoms with van der Waals surface area (Å²) in [6.45, 7) is 1.33. The van der Waals surface area contributed by atoms with E-state index in [4.69, 9.17) is 18.9 Å². The van der Waals surface area contributed by atoms with Gasteiger partial charge in [0, 0.05) is 11.8 Å². The van der Waals surface area contributed by atoms with E-state index in [0.29, 0.717) is 6.42 Å². The summed E-state index contributed by atoms with van der Waals surface area (Å²) in [5, 5.41) is 0. The first kappa shape index (κ1) is 29.2. The molecule has 1 fully saturated rings. The number of aromatic amines is 1. The summed E-state index contributed by atoms with van der Waals surface area (Å²) >= 11 is 0.